The Morgan fingerprint density at radius 1 is 0.548 bits per heavy atom. The molecule has 0 aliphatic rings. The minimum atomic E-state index is -0.445. The van der Waals surface area contributed by atoms with Crippen LogP contribution in [0.2, 0.25) is 0 Å². The van der Waals surface area contributed by atoms with Gasteiger partial charge in [0.1, 0.15) is 5.75 Å². The molecule has 4 nitrogen and oxygen atoms in total. The smallest absolute Gasteiger partial charge is 0.196 e. The Morgan fingerprint density at radius 2 is 0.935 bits per heavy atom. The molecule has 0 saturated heterocycles. The molecule has 0 heterocycles. The molecule has 4 heteroatoms. The van der Waals surface area contributed by atoms with Crippen LogP contribution in [0.1, 0.15) is 31.8 Å². The van der Waals surface area contributed by atoms with Gasteiger partial charge in [-0.05, 0) is 12.1 Å². The number of benzene rings is 4. The average Bonchev–Trinajstić information content (AvgIpc) is 2.86. The molecule has 0 bridgehead atoms. The predicted molar refractivity (Wildman–Crippen MR) is 120 cm³/mol. The van der Waals surface area contributed by atoms with Crippen LogP contribution in [-0.2, 0) is 0 Å². The van der Waals surface area contributed by atoms with Crippen LogP contribution in [-0.4, -0.2) is 23.5 Å². The number of para-hydroxylation sites is 1. The molecule has 4 aromatic rings. The summed E-state index contributed by atoms with van der Waals surface area (Å²) in [5.74, 6) is 0.352. The molecule has 0 atom stereocenters. The van der Waals surface area contributed by atoms with Gasteiger partial charge in [0, 0.05) is 16.7 Å². The van der Waals surface area contributed by atoms with Crippen molar-refractivity contribution in [2.24, 2.45) is 0 Å². The number of hydrogen-bond acceptors (Lipinski definition) is 4. The lowest BCUT2D eigenvalue weighted by atomic mass is 10.0. The van der Waals surface area contributed by atoms with Crippen LogP contribution in [0.25, 0.3) is 0 Å². The van der Waals surface area contributed by atoms with E-state index in [1.54, 1.807) is 36.4 Å². The molecule has 31 heavy (non-hydrogen) atoms. The first-order valence-corrected chi connectivity index (χ1v) is 9.78. The SMILES string of the molecule is O=C(c1ccccc1)c1ccccc1.O=C(c1ccccc1)c1ccccc1OCO. The van der Waals surface area contributed by atoms with E-state index < -0.39 is 6.79 Å². The van der Waals surface area contributed by atoms with Gasteiger partial charge in [-0.1, -0.05) is 103 Å². The molecule has 4 rings (SSSR count). The lowest BCUT2D eigenvalue weighted by molar-refractivity contribution is 0.0935. The minimum Gasteiger partial charge on any atom is -0.467 e. The van der Waals surface area contributed by atoms with Crippen molar-refractivity contribution in [2.45, 2.75) is 0 Å². The zero-order valence-corrected chi connectivity index (χ0v) is 16.8. The van der Waals surface area contributed by atoms with Gasteiger partial charge in [-0.25, -0.2) is 0 Å². The molecule has 0 fully saturated rings. The second-order valence-corrected chi connectivity index (χ2v) is 6.53. The number of carbonyl (C=O) groups excluding carboxylic acids is 2. The fourth-order valence-electron chi connectivity index (χ4n) is 2.94. The van der Waals surface area contributed by atoms with Crippen LogP contribution in [0.4, 0.5) is 0 Å². The number of ketones is 2. The Bertz CT molecular complexity index is 1070. The molecular weight excluding hydrogens is 388 g/mol. The second-order valence-electron chi connectivity index (χ2n) is 6.53. The molecular formula is C27H22O4. The number of aliphatic hydroxyl groups is 1. The Morgan fingerprint density at radius 3 is 1.39 bits per heavy atom. The summed E-state index contributed by atoms with van der Waals surface area (Å²) in [4.78, 5) is 24.0. The Hall–Kier alpha value is -4.02. The summed E-state index contributed by atoms with van der Waals surface area (Å²) in [5, 5.41) is 8.76. The summed E-state index contributed by atoms with van der Waals surface area (Å²) in [6.07, 6.45) is 0. The van der Waals surface area contributed by atoms with E-state index in [0.29, 0.717) is 16.9 Å². The molecule has 0 saturated carbocycles. The van der Waals surface area contributed by atoms with Crippen LogP contribution in [0.5, 0.6) is 5.75 Å². The normalized spacial score (nSPS) is 9.84. The van der Waals surface area contributed by atoms with Gasteiger partial charge >= 0.3 is 0 Å². The highest BCUT2D eigenvalue weighted by molar-refractivity contribution is 6.10. The van der Waals surface area contributed by atoms with Crippen molar-refractivity contribution in [3.8, 4) is 5.75 Å². The van der Waals surface area contributed by atoms with E-state index in [1.807, 2.05) is 78.9 Å². The number of carbonyl (C=O) groups is 2. The van der Waals surface area contributed by atoms with E-state index >= 15 is 0 Å². The summed E-state index contributed by atoms with van der Waals surface area (Å²) in [6, 6.07) is 34.4. The highest BCUT2D eigenvalue weighted by Crippen LogP contribution is 2.21. The molecule has 0 aromatic heterocycles. The van der Waals surface area contributed by atoms with Crippen molar-refractivity contribution in [2.75, 3.05) is 6.79 Å². The number of aliphatic hydroxyl groups excluding tert-OH is 1. The first-order chi connectivity index (χ1) is 15.2. The predicted octanol–water partition coefficient (Wildman–Crippen LogP) is 5.16. The fourth-order valence-corrected chi connectivity index (χ4v) is 2.94. The van der Waals surface area contributed by atoms with Crippen molar-refractivity contribution >= 4 is 11.6 Å². The lowest BCUT2D eigenvalue weighted by Crippen LogP contribution is -2.05. The van der Waals surface area contributed by atoms with Crippen molar-refractivity contribution in [1.29, 1.82) is 0 Å². The maximum Gasteiger partial charge on any atom is 0.196 e. The van der Waals surface area contributed by atoms with Gasteiger partial charge in [0.2, 0.25) is 0 Å². The molecule has 0 aliphatic heterocycles. The summed E-state index contributed by atoms with van der Waals surface area (Å²) in [5.41, 5.74) is 2.52. The van der Waals surface area contributed by atoms with Gasteiger partial charge < -0.3 is 9.84 Å². The van der Waals surface area contributed by atoms with Crippen molar-refractivity contribution < 1.29 is 19.4 Å². The van der Waals surface area contributed by atoms with E-state index in [-0.39, 0.29) is 11.6 Å². The Kier molecular flexibility index (Phi) is 7.86. The first-order valence-electron chi connectivity index (χ1n) is 9.78. The molecule has 0 aliphatic carbocycles. The maximum atomic E-state index is 12.2. The highest BCUT2D eigenvalue weighted by atomic mass is 16.6. The number of ether oxygens (including phenoxy) is 1. The van der Waals surface area contributed by atoms with Gasteiger partial charge in [0.05, 0.1) is 5.56 Å². The lowest BCUT2D eigenvalue weighted by Gasteiger charge is -2.08. The van der Waals surface area contributed by atoms with Gasteiger partial charge in [-0.2, -0.15) is 0 Å². The van der Waals surface area contributed by atoms with Crippen molar-refractivity contribution in [1.82, 2.24) is 0 Å². The van der Waals surface area contributed by atoms with Crippen molar-refractivity contribution in [3.05, 3.63) is 138 Å². The topological polar surface area (TPSA) is 63.6 Å². The van der Waals surface area contributed by atoms with E-state index in [1.165, 1.54) is 0 Å². The summed E-state index contributed by atoms with van der Waals surface area (Å²) >= 11 is 0. The number of hydrogen-bond donors (Lipinski definition) is 1. The number of rotatable bonds is 6. The Labute approximate surface area is 181 Å². The summed E-state index contributed by atoms with van der Waals surface area (Å²) in [7, 11) is 0. The summed E-state index contributed by atoms with van der Waals surface area (Å²) in [6.45, 7) is -0.445. The van der Waals surface area contributed by atoms with E-state index in [2.05, 4.69) is 0 Å². The van der Waals surface area contributed by atoms with E-state index in [0.717, 1.165) is 11.1 Å². The van der Waals surface area contributed by atoms with Gasteiger partial charge in [0.25, 0.3) is 0 Å². The Balaban J connectivity index is 0.000000179. The zero-order valence-electron chi connectivity index (χ0n) is 16.8. The minimum absolute atomic E-state index is 0.0752. The largest absolute Gasteiger partial charge is 0.467 e. The zero-order chi connectivity index (χ0) is 21.9. The van der Waals surface area contributed by atoms with Crippen molar-refractivity contribution in [3.63, 3.8) is 0 Å². The maximum absolute atomic E-state index is 12.2. The molecule has 4 aromatic carbocycles. The highest BCUT2D eigenvalue weighted by Gasteiger charge is 2.13. The van der Waals surface area contributed by atoms with E-state index in [9.17, 15) is 9.59 Å². The summed E-state index contributed by atoms with van der Waals surface area (Å²) < 4.78 is 5.01. The third kappa shape index (κ3) is 5.98. The first kappa shape index (κ1) is 21.7. The molecule has 0 radical (unpaired) electrons. The molecule has 0 amide bonds. The van der Waals surface area contributed by atoms with Gasteiger partial charge in [0.15, 0.2) is 18.4 Å². The molecule has 0 spiro atoms. The van der Waals surface area contributed by atoms with E-state index in [4.69, 9.17) is 9.84 Å². The molecule has 154 valence electrons. The monoisotopic (exact) mass is 410 g/mol. The van der Waals surface area contributed by atoms with Crippen LogP contribution in [0, 0.1) is 0 Å². The third-order valence-corrected chi connectivity index (χ3v) is 4.46. The molecule has 0 unspecified atom stereocenters. The standard InChI is InChI=1S/C14H12O3.C13H10O/c15-10-17-13-9-5-4-8-12(13)14(16)11-6-2-1-3-7-11;14-13(11-7-3-1-4-8-11)12-9-5-2-6-10-12/h1-9,15H,10H2;1-10H. The van der Waals surface area contributed by atoms with Crippen LogP contribution < -0.4 is 4.74 Å². The fraction of sp³-hybridized carbons (Fsp3) is 0.0370. The van der Waals surface area contributed by atoms with Crippen LogP contribution >= 0.6 is 0 Å². The quantitative estimate of drug-likeness (QED) is 0.352. The van der Waals surface area contributed by atoms with Gasteiger partial charge in [-0.15, -0.1) is 0 Å². The average molecular weight is 410 g/mol. The van der Waals surface area contributed by atoms with Crippen LogP contribution in [0.15, 0.2) is 115 Å². The molecule has 1 N–H and O–H groups in total. The van der Waals surface area contributed by atoms with Gasteiger partial charge in [-0.3, -0.25) is 9.59 Å². The third-order valence-electron chi connectivity index (χ3n) is 4.46. The second kappa shape index (κ2) is 11.2. The van der Waals surface area contributed by atoms with Crippen LogP contribution in [0.3, 0.4) is 0 Å².